The van der Waals surface area contributed by atoms with Gasteiger partial charge >= 0.3 is 6.03 Å². The summed E-state index contributed by atoms with van der Waals surface area (Å²) in [5.74, 6) is 0.114. The number of urea groups is 1. The fourth-order valence-corrected chi connectivity index (χ4v) is 2.25. The van der Waals surface area contributed by atoms with Crippen molar-refractivity contribution in [1.82, 2.24) is 10.2 Å². The molecule has 1 fully saturated rings. The van der Waals surface area contributed by atoms with Gasteiger partial charge in [-0.3, -0.25) is 4.79 Å². The van der Waals surface area contributed by atoms with Crippen LogP contribution in [0.1, 0.15) is 37.4 Å². The van der Waals surface area contributed by atoms with Crippen molar-refractivity contribution in [2.75, 3.05) is 13.1 Å². The molecule has 0 aromatic heterocycles. The van der Waals surface area contributed by atoms with Crippen molar-refractivity contribution in [2.45, 2.75) is 32.7 Å². The summed E-state index contributed by atoms with van der Waals surface area (Å²) in [4.78, 5) is 24.5. The number of rotatable bonds is 5. The number of Topliss-reactive ketones (excluding diaryl/α,β-unsaturated/α-hetero) is 1. The van der Waals surface area contributed by atoms with Gasteiger partial charge in [0.25, 0.3) is 0 Å². The van der Waals surface area contributed by atoms with Crippen molar-refractivity contribution in [3.8, 4) is 0 Å². The van der Waals surface area contributed by atoms with Gasteiger partial charge < -0.3 is 10.2 Å². The molecule has 4 nitrogen and oxygen atoms in total. The van der Waals surface area contributed by atoms with E-state index in [1.54, 1.807) is 11.8 Å². The second kappa shape index (κ2) is 5.87. The summed E-state index contributed by atoms with van der Waals surface area (Å²) < 4.78 is 0. The maximum Gasteiger partial charge on any atom is 0.318 e. The standard InChI is InChI=1S/C15H20N2O2/c1-3-12-4-6-13(7-5-12)14-10-17(15(19)16-14)9-8-11(2)18/h4-7,14H,3,8-10H2,1-2H3,(H,16,19). The highest BCUT2D eigenvalue weighted by atomic mass is 16.2. The molecule has 0 saturated carbocycles. The van der Waals surface area contributed by atoms with Crippen LogP contribution in [0.4, 0.5) is 4.79 Å². The molecule has 1 aromatic rings. The van der Waals surface area contributed by atoms with Crippen molar-refractivity contribution in [3.63, 3.8) is 0 Å². The smallest absolute Gasteiger partial charge is 0.318 e. The molecule has 1 heterocycles. The minimum absolute atomic E-state index is 0.0327. The molecular weight excluding hydrogens is 240 g/mol. The van der Waals surface area contributed by atoms with Crippen molar-refractivity contribution >= 4 is 11.8 Å². The third kappa shape index (κ3) is 3.34. The molecule has 1 aromatic carbocycles. The summed E-state index contributed by atoms with van der Waals surface area (Å²) >= 11 is 0. The highest BCUT2D eigenvalue weighted by Gasteiger charge is 2.29. The van der Waals surface area contributed by atoms with E-state index < -0.39 is 0 Å². The van der Waals surface area contributed by atoms with Gasteiger partial charge in [-0.05, 0) is 24.5 Å². The number of hydrogen-bond acceptors (Lipinski definition) is 2. The minimum Gasteiger partial charge on any atom is -0.329 e. The molecule has 0 aliphatic carbocycles. The van der Waals surface area contributed by atoms with Crippen LogP contribution in [-0.4, -0.2) is 29.8 Å². The number of hydrogen-bond donors (Lipinski definition) is 1. The molecule has 2 rings (SSSR count). The third-order valence-electron chi connectivity index (χ3n) is 3.51. The van der Waals surface area contributed by atoms with Crippen molar-refractivity contribution < 1.29 is 9.59 Å². The highest BCUT2D eigenvalue weighted by Crippen LogP contribution is 2.21. The van der Waals surface area contributed by atoms with Crippen molar-refractivity contribution in [1.29, 1.82) is 0 Å². The van der Waals surface area contributed by atoms with E-state index >= 15 is 0 Å². The first-order valence-electron chi connectivity index (χ1n) is 6.74. The van der Waals surface area contributed by atoms with E-state index in [4.69, 9.17) is 0 Å². The summed E-state index contributed by atoms with van der Waals surface area (Å²) in [6.45, 7) is 4.81. The zero-order chi connectivity index (χ0) is 13.8. The van der Waals surface area contributed by atoms with Crippen molar-refractivity contribution in [3.05, 3.63) is 35.4 Å². The number of aryl methyl sites for hydroxylation is 1. The van der Waals surface area contributed by atoms with E-state index in [0.717, 1.165) is 12.0 Å². The predicted octanol–water partition coefficient (Wildman–Crippen LogP) is 2.29. The van der Waals surface area contributed by atoms with Crippen LogP contribution >= 0.6 is 0 Å². The number of ketones is 1. The monoisotopic (exact) mass is 260 g/mol. The number of nitrogens with zero attached hydrogens (tertiary/aromatic N) is 1. The Morgan fingerprint density at radius 1 is 1.37 bits per heavy atom. The SMILES string of the molecule is CCc1ccc(C2CN(CCC(C)=O)C(=O)N2)cc1. The molecular formula is C15H20N2O2. The first-order valence-corrected chi connectivity index (χ1v) is 6.74. The normalized spacial score (nSPS) is 18.5. The molecule has 0 radical (unpaired) electrons. The molecule has 1 aliphatic rings. The van der Waals surface area contributed by atoms with Crippen molar-refractivity contribution in [2.24, 2.45) is 0 Å². The average molecular weight is 260 g/mol. The van der Waals surface area contributed by atoms with Crippen LogP contribution in [-0.2, 0) is 11.2 Å². The third-order valence-corrected chi connectivity index (χ3v) is 3.51. The molecule has 102 valence electrons. The first-order chi connectivity index (χ1) is 9.10. The molecule has 1 N–H and O–H groups in total. The number of carbonyl (C=O) groups is 2. The Bertz CT molecular complexity index is 468. The van der Waals surface area contributed by atoms with Gasteiger partial charge in [0.05, 0.1) is 6.04 Å². The van der Waals surface area contributed by atoms with Gasteiger partial charge in [0, 0.05) is 19.5 Å². The minimum atomic E-state index is -0.0779. The lowest BCUT2D eigenvalue weighted by Gasteiger charge is -2.13. The first kappa shape index (κ1) is 13.6. The summed E-state index contributed by atoms with van der Waals surface area (Å²) in [5, 5.41) is 2.96. The highest BCUT2D eigenvalue weighted by molar-refractivity contribution is 5.79. The lowest BCUT2D eigenvalue weighted by molar-refractivity contribution is -0.117. The summed E-state index contributed by atoms with van der Waals surface area (Å²) in [6, 6.07) is 8.28. The lowest BCUT2D eigenvalue weighted by Crippen LogP contribution is -2.29. The van der Waals surface area contributed by atoms with E-state index in [9.17, 15) is 9.59 Å². The second-order valence-electron chi connectivity index (χ2n) is 5.00. The van der Waals surface area contributed by atoms with Crippen LogP contribution in [0.25, 0.3) is 0 Å². The zero-order valence-corrected chi connectivity index (χ0v) is 11.5. The molecule has 2 amide bonds. The molecule has 4 heteroatoms. The van der Waals surface area contributed by atoms with Gasteiger partial charge in [-0.15, -0.1) is 0 Å². The van der Waals surface area contributed by atoms with Gasteiger partial charge in [-0.2, -0.15) is 0 Å². The van der Waals surface area contributed by atoms with Crippen LogP contribution in [0.5, 0.6) is 0 Å². The predicted molar refractivity (Wildman–Crippen MR) is 74.0 cm³/mol. The van der Waals surface area contributed by atoms with E-state index in [1.807, 2.05) is 0 Å². The van der Waals surface area contributed by atoms with Gasteiger partial charge in [0.2, 0.25) is 0 Å². The number of carbonyl (C=O) groups excluding carboxylic acids is 2. The summed E-state index contributed by atoms with van der Waals surface area (Å²) in [6.07, 6.45) is 1.44. The van der Waals surface area contributed by atoms with Gasteiger partial charge in [0.15, 0.2) is 0 Å². The van der Waals surface area contributed by atoms with Crippen LogP contribution in [0.3, 0.4) is 0 Å². The molecule has 1 unspecified atom stereocenters. The Morgan fingerprint density at radius 3 is 2.63 bits per heavy atom. The molecule has 1 saturated heterocycles. The van der Waals surface area contributed by atoms with E-state index in [0.29, 0.717) is 19.5 Å². The van der Waals surface area contributed by atoms with Gasteiger partial charge in [0.1, 0.15) is 5.78 Å². The topological polar surface area (TPSA) is 49.4 Å². The molecule has 0 bridgehead atoms. The number of amides is 2. The summed E-state index contributed by atoms with van der Waals surface area (Å²) in [5.41, 5.74) is 2.41. The quantitative estimate of drug-likeness (QED) is 0.883. The largest absolute Gasteiger partial charge is 0.329 e. The second-order valence-corrected chi connectivity index (χ2v) is 5.00. The molecule has 19 heavy (non-hydrogen) atoms. The Balaban J connectivity index is 1.99. The zero-order valence-electron chi connectivity index (χ0n) is 11.5. The Kier molecular flexibility index (Phi) is 4.20. The molecule has 1 atom stereocenters. The van der Waals surface area contributed by atoms with Crippen LogP contribution in [0.2, 0.25) is 0 Å². The molecule has 1 aliphatic heterocycles. The summed E-state index contributed by atoms with van der Waals surface area (Å²) in [7, 11) is 0. The van der Waals surface area contributed by atoms with E-state index in [-0.39, 0.29) is 17.9 Å². The maximum atomic E-state index is 11.8. The average Bonchev–Trinajstić information content (AvgIpc) is 2.78. The Morgan fingerprint density at radius 2 is 2.05 bits per heavy atom. The van der Waals surface area contributed by atoms with E-state index in [1.165, 1.54) is 5.56 Å². The fraction of sp³-hybridized carbons (Fsp3) is 0.467. The number of benzene rings is 1. The van der Waals surface area contributed by atoms with Crippen LogP contribution in [0, 0.1) is 0 Å². The van der Waals surface area contributed by atoms with Gasteiger partial charge in [-0.1, -0.05) is 31.2 Å². The molecule has 0 spiro atoms. The van der Waals surface area contributed by atoms with Gasteiger partial charge in [-0.25, -0.2) is 4.79 Å². The number of nitrogens with one attached hydrogen (secondary N) is 1. The van der Waals surface area contributed by atoms with Crippen LogP contribution < -0.4 is 5.32 Å². The maximum absolute atomic E-state index is 11.8. The Hall–Kier alpha value is -1.84. The van der Waals surface area contributed by atoms with Crippen LogP contribution in [0.15, 0.2) is 24.3 Å². The fourth-order valence-electron chi connectivity index (χ4n) is 2.25. The Labute approximate surface area is 113 Å². The van der Waals surface area contributed by atoms with E-state index in [2.05, 4.69) is 36.5 Å². The lowest BCUT2D eigenvalue weighted by atomic mass is 10.0.